The van der Waals surface area contributed by atoms with E-state index in [1.807, 2.05) is 17.0 Å². The summed E-state index contributed by atoms with van der Waals surface area (Å²) in [4.78, 5) is 25.3. The van der Waals surface area contributed by atoms with E-state index < -0.39 is 0 Å². The van der Waals surface area contributed by atoms with E-state index in [2.05, 4.69) is 6.07 Å². The molecule has 4 heteroatoms. The van der Waals surface area contributed by atoms with Crippen LogP contribution >= 0.6 is 11.8 Å². The lowest BCUT2D eigenvalue weighted by Gasteiger charge is -2.14. The van der Waals surface area contributed by atoms with Gasteiger partial charge in [0.05, 0.1) is 0 Å². The number of benzene rings is 1. The summed E-state index contributed by atoms with van der Waals surface area (Å²) >= 11 is 1.70. The SMILES string of the molecule is CC(=O)CCSc1ccc2c(c1)CCN2C(C)=O. The number of hydrogen-bond donors (Lipinski definition) is 0. The molecule has 1 heterocycles. The first-order valence-corrected chi connectivity index (χ1v) is 7.10. The second kappa shape index (κ2) is 5.57. The highest BCUT2D eigenvalue weighted by Crippen LogP contribution is 2.32. The summed E-state index contributed by atoms with van der Waals surface area (Å²) in [5.74, 6) is 1.15. The summed E-state index contributed by atoms with van der Waals surface area (Å²) in [7, 11) is 0. The van der Waals surface area contributed by atoms with E-state index in [-0.39, 0.29) is 11.7 Å². The van der Waals surface area contributed by atoms with Crippen molar-refractivity contribution in [3.63, 3.8) is 0 Å². The molecule has 96 valence electrons. The third-order valence-electron chi connectivity index (χ3n) is 3.05. The zero-order valence-corrected chi connectivity index (χ0v) is 11.5. The number of anilines is 1. The number of Topliss-reactive ketones (excluding diaryl/α,β-unsaturated/α-hetero) is 1. The molecule has 0 fully saturated rings. The van der Waals surface area contributed by atoms with E-state index in [1.54, 1.807) is 25.6 Å². The van der Waals surface area contributed by atoms with Gasteiger partial charge in [-0.25, -0.2) is 0 Å². The van der Waals surface area contributed by atoms with Crippen molar-refractivity contribution in [1.29, 1.82) is 0 Å². The van der Waals surface area contributed by atoms with Gasteiger partial charge >= 0.3 is 0 Å². The van der Waals surface area contributed by atoms with Gasteiger partial charge in [0.2, 0.25) is 5.91 Å². The van der Waals surface area contributed by atoms with Crippen LogP contribution in [0.15, 0.2) is 23.1 Å². The van der Waals surface area contributed by atoms with Crippen molar-refractivity contribution in [2.24, 2.45) is 0 Å². The number of carbonyl (C=O) groups is 2. The summed E-state index contributed by atoms with van der Waals surface area (Å²) in [6.45, 7) is 4.00. The summed E-state index contributed by atoms with van der Waals surface area (Å²) in [5.41, 5.74) is 2.27. The van der Waals surface area contributed by atoms with Gasteiger partial charge in [-0.3, -0.25) is 9.59 Å². The Labute approximate surface area is 112 Å². The maximum Gasteiger partial charge on any atom is 0.223 e. The van der Waals surface area contributed by atoms with Crippen LogP contribution in [0.2, 0.25) is 0 Å². The fourth-order valence-electron chi connectivity index (χ4n) is 2.11. The van der Waals surface area contributed by atoms with Crippen molar-refractivity contribution >= 4 is 29.1 Å². The van der Waals surface area contributed by atoms with Crippen molar-refractivity contribution in [3.8, 4) is 0 Å². The fourth-order valence-corrected chi connectivity index (χ4v) is 3.12. The molecular weight excluding hydrogens is 246 g/mol. The molecule has 18 heavy (non-hydrogen) atoms. The molecular formula is C14H17NO2S. The molecule has 0 radical (unpaired) electrons. The first-order valence-electron chi connectivity index (χ1n) is 6.11. The van der Waals surface area contributed by atoms with E-state index in [0.29, 0.717) is 6.42 Å². The Morgan fingerprint density at radius 1 is 1.33 bits per heavy atom. The van der Waals surface area contributed by atoms with Crippen LogP contribution < -0.4 is 4.90 Å². The van der Waals surface area contributed by atoms with Crippen LogP contribution in [0.1, 0.15) is 25.8 Å². The number of thioether (sulfide) groups is 1. The molecule has 1 aromatic carbocycles. The molecule has 0 spiro atoms. The van der Waals surface area contributed by atoms with Gasteiger partial charge in [0, 0.05) is 36.2 Å². The minimum Gasteiger partial charge on any atom is -0.312 e. The highest BCUT2D eigenvalue weighted by Gasteiger charge is 2.21. The minimum atomic E-state index is 0.103. The van der Waals surface area contributed by atoms with Gasteiger partial charge in [-0.05, 0) is 37.1 Å². The Kier molecular flexibility index (Phi) is 4.07. The van der Waals surface area contributed by atoms with Crippen molar-refractivity contribution in [2.45, 2.75) is 31.6 Å². The number of ketones is 1. The fraction of sp³-hybridized carbons (Fsp3) is 0.429. The third kappa shape index (κ3) is 2.93. The standard InChI is InChI=1S/C14H17NO2S/c1-10(16)6-8-18-13-3-4-14-12(9-13)5-7-15(14)11(2)17/h3-4,9H,5-8H2,1-2H3. The van der Waals surface area contributed by atoms with E-state index in [4.69, 9.17) is 0 Å². The van der Waals surface area contributed by atoms with E-state index in [0.717, 1.165) is 24.4 Å². The van der Waals surface area contributed by atoms with Gasteiger partial charge in [-0.15, -0.1) is 11.8 Å². The van der Waals surface area contributed by atoms with Crippen LogP contribution in [-0.2, 0) is 16.0 Å². The minimum absolute atomic E-state index is 0.103. The molecule has 1 aliphatic heterocycles. The maximum atomic E-state index is 11.4. The second-order valence-electron chi connectivity index (χ2n) is 4.51. The first-order chi connectivity index (χ1) is 8.58. The molecule has 0 saturated heterocycles. The van der Waals surface area contributed by atoms with Crippen LogP contribution in [0.3, 0.4) is 0 Å². The molecule has 0 saturated carbocycles. The number of fused-ring (bicyclic) bond motifs is 1. The molecule has 0 N–H and O–H groups in total. The monoisotopic (exact) mass is 263 g/mol. The van der Waals surface area contributed by atoms with Gasteiger partial charge in [-0.1, -0.05) is 0 Å². The topological polar surface area (TPSA) is 37.4 Å². The molecule has 3 nitrogen and oxygen atoms in total. The Bertz CT molecular complexity index is 485. The van der Waals surface area contributed by atoms with Crippen molar-refractivity contribution in [1.82, 2.24) is 0 Å². The van der Waals surface area contributed by atoms with Gasteiger partial charge < -0.3 is 4.90 Å². The van der Waals surface area contributed by atoms with E-state index in [1.165, 1.54) is 10.5 Å². The van der Waals surface area contributed by atoms with Crippen LogP contribution in [-0.4, -0.2) is 24.0 Å². The van der Waals surface area contributed by atoms with Crippen molar-refractivity contribution < 1.29 is 9.59 Å². The molecule has 2 rings (SSSR count). The third-order valence-corrected chi connectivity index (χ3v) is 4.04. The summed E-state index contributed by atoms with van der Waals surface area (Å²) in [6.07, 6.45) is 1.54. The first kappa shape index (κ1) is 13.1. The predicted octanol–water partition coefficient (Wildman–Crippen LogP) is 2.67. The Morgan fingerprint density at radius 2 is 2.11 bits per heavy atom. The molecule has 0 aromatic heterocycles. The van der Waals surface area contributed by atoms with Gasteiger partial charge in [0.25, 0.3) is 0 Å². The highest BCUT2D eigenvalue weighted by molar-refractivity contribution is 7.99. The number of nitrogens with zero attached hydrogens (tertiary/aromatic N) is 1. The lowest BCUT2D eigenvalue weighted by molar-refractivity contribution is -0.117. The number of carbonyl (C=O) groups excluding carboxylic acids is 2. The summed E-state index contributed by atoms with van der Waals surface area (Å²) in [6, 6.07) is 6.19. The number of hydrogen-bond acceptors (Lipinski definition) is 3. The zero-order valence-electron chi connectivity index (χ0n) is 10.7. The smallest absolute Gasteiger partial charge is 0.223 e. The van der Waals surface area contributed by atoms with Crippen molar-refractivity contribution in [2.75, 3.05) is 17.2 Å². The summed E-state index contributed by atoms with van der Waals surface area (Å²) in [5, 5.41) is 0. The summed E-state index contributed by atoms with van der Waals surface area (Å²) < 4.78 is 0. The number of rotatable bonds is 4. The van der Waals surface area contributed by atoms with Crippen LogP contribution in [0.25, 0.3) is 0 Å². The molecule has 1 aromatic rings. The van der Waals surface area contributed by atoms with E-state index in [9.17, 15) is 9.59 Å². The average molecular weight is 263 g/mol. The Hall–Kier alpha value is -1.29. The van der Waals surface area contributed by atoms with E-state index >= 15 is 0 Å². The quantitative estimate of drug-likeness (QED) is 0.784. The highest BCUT2D eigenvalue weighted by atomic mass is 32.2. The predicted molar refractivity (Wildman–Crippen MR) is 74.2 cm³/mol. The van der Waals surface area contributed by atoms with Gasteiger partial charge in [0.15, 0.2) is 0 Å². The Balaban J connectivity index is 2.05. The number of amides is 1. The second-order valence-corrected chi connectivity index (χ2v) is 5.68. The van der Waals surface area contributed by atoms with Crippen LogP contribution in [0.5, 0.6) is 0 Å². The van der Waals surface area contributed by atoms with Gasteiger partial charge in [0.1, 0.15) is 5.78 Å². The Morgan fingerprint density at radius 3 is 2.78 bits per heavy atom. The average Bonchev–Trinajstić information content (AvgIpc) is 2.71. The lowest BCUT2D eigenvalue weighted by Crippen LogP contribution is -2.25. The van der Waals surface area contributed by atoms with Crippen molar-refractivity contribution in [3.05, 3.63) is 23.8 Å². The van der Waals surface area contributed by atoms with Crippen LogP contribution in [0, 0.1) is 0 Å². The molecule has 0 unspecified atom stereocenters. The molecule has 0 bridgehead atoms. The molecule has 1 aliphatic rings. The molecule has 0 atom stereocenters. The maximum absolute atomic E-state index is 11.4. The normalized spacial score (nSPS) is 13.6. The largest absolute Gasteiger partial charge is 0.312 e. The molecule has 0 aliphatic carbocycles. The lowest BCUT2D eigenvalue weighted by atomic mass is 10.2. The molecule has 1 amide bonds. The van der Waals surface area contributed by atoms with Gasteiger partial charge in [-0.2, -0.15) is 0 Å². The van der Waals surface area contributed by atoms with Crippen LogP contribution in [0.4, 0.5) is 5.69 Å². The zero-order chi connectivity index (χ0) is 13.1.